The molecule has 0 saturated heterocycles. The van der Waals surface area contributed by atoms with Gasteiger partial charge in [-0.25, -0.2) is 0 Å². The molecule has 2 aromatic carbocycles. The summed E-state index contributed by atoms with van der Waals surface area (Å²) in [7, 11) is 0. The molecule has 0 fully saturated rings. The van der Waals surface area contributed by atoms with E-state index in [0.29, 0.717) is 69.1 Å². The monoisotopic (exact) mass is 996 g/mol. The molecular weight excluding hydrogens is 941 g/mol. The largest absolute Gasteiger partial charge is 0.493 e. The van der Waals surface area contributed by atoms with Crippen LogP contribution in [0.2, 0.25) is 0 Å². The van der Waals surface area contributed by atoms with Gasteiger partial charge in [-0.1, -0.05) is 56.1 Å². The molecule has 2 rings (SSSR count). The molecule has 0 aliphatic heterocycles. The highest BCUT2D eigenvalue weighted by atomic mass is 79.9. The average Bonchev–Trinajstić information content (AvgIpc) is 3.17. The minimum absolute atomic E-state index is 0.213. The third kappa shape index (κ3) is 21.9. The summed E-state index contributed by atoms with van der Waals surface area (Å²) < 4.78 is 33.7. The zero-order valence-electron chi connectivity index (χ0n) is 33.6. The number of unbranched alkanes of at least 4 members (excludes halogenated alkanes) is 2. The Morgan fingerprint density at radius 1 is 0.474 bits per heavy atom. The van der Waals surface area contributed by atoms with E-state index in [-0.39, 0.29) is 46.9 Å². The van der Waals surface area contributed by atoms with E-state index in [2.05, 4.69) is 56.1 Å². The molecule has 320 valence electrons. The van der Waals surface area contributed by atoms with Crippen molar-refractivity contribution in [3.05, 3.63) is 57.6 Å². The van der Waals surface area contributed by atoms with Gasteiger partial charge in [0.1, 0.15) is 11.5 Å². The topological polar surface area (TPSA) is 124 Å². The van der Waals surface area contributed by atoms with Crippen LogP contribution >= 0.6 is 78.9 Å². The molecule has 0 atom stereocenters. The van der Waals surface area contributed by atoms with Crippen LogP contribution in [0.15, 0.2) is 24.3 Å². The first-order valence-electron chi connectivity index (χ1n) is 19.3. The van der Waals surface area contributed by atoms with Crippen molar-refractivity contribution in [2.24, 2.45) is 0 Å². The summed E-state index contributed by atoms with van der Waals surface area (Å²) in [6, 6.07) is 8.58. The minimum atomic E-state index is -0.264. The Bertz CT molecular complexity index is 1310. The lowest BCUT2D eigenvalue weighted by Crippen LogP contribution is -2.10. The maximum Gasteiger partial charge on any atom is 0.315 e. The van der Waals surface area contributed by atoms with Crippen molar-refractivity contribution in [2.75, 3.05) is 73.3 Å². The summed E-state index contributed by atoms with van der Waals surface area (Å²) in [6.45, 7) is 9.55. The molecule has 0 aliphatic rings. The Morgan fingerprint density at radius 3 is 1.00 bits per heavy atom. The second-order valence-electron chi connectivity index (χ2n) is 12.3. The second kappa shape index (κ2) is 32.1. The maximum absolute atomic E-state index is 12.3. The molecule has 0 spiro atoms. The second-order valence-corrected chi connectivity index (χ2v) is 17.9. The van der Waals surface area contributed by atoms with E-state index >= 15 is 0 Å². The fraction of sp³-hybridized carbons (Fsp3) is 0.610. The molecule has 10 nitrogen and oxygen atoms in total. The average molecular weight is 999 g/mol. The van der Waals surface area contributed by atoms with Gasteiger partial charge in [0.15, 0.2) is 0 Å². The number of hydrogen-bond acceptors (Lipinski definition) is 14. The lowest BCUT2D eigenvalue weighted by atomic mass is 9.96. The fourth-order valence-electron chi connectivity index (χ4n) is 5.42. The van der Waals surface area contributed by atoms with Crippen LogP contribution in [0.1, 0.15) is 86.8 Å². The van der Waals surface area contributed by atoms with Gasteiger partial charge in [-0.15, -0.1) is 47.0 Å². The first-order chi connectivity index (χ1) is 27.7. The highest BCUT2D eigenvalue weighted by Gasteiger charge is 2.19. The summed E-state index contributed by atoms with van der Waals surface area (Å²) in [5.41, 5.74) is 5.96. The van der Waals surface area contributed by atoms with Crippen molar-refractivity contribution in [1.29, 1.82) is 0 Å². The molecule has 0 bridgehead atoms. The van der Waals surface area contributed by atoms with Gasteiger partial charge in [0.25, 0.3) is 0 Å². The number of halogens is 2. The van der Waals surface area contributed by atoms with Gasteiger partial charge in [-0.3, -0.25) is 19.2 Å². The summed E-state index contributed by atoms with van der Waals surface area (Å²) in [4.78, 5) is 49.1. The Labute approximate surface area is 373 Å². The van der Waals surface area contributed by atoms with Gasteiger partial charge in [0.05, 0.1) is 62.7 Å². The summed E-state index contributed by atoms with van der Waals surface area (Å²) >= 11 is 12.9. The van der Waals surface area contributed by atoms with Crippen molar-refractivity contribution < 1.29 is 47.6 Å². The molecule has 0 radical (unpaired) electrons. The molecule has 16 heteroatoms. The first kappa shape index (κ1) is 51.4. The third-order valence-corrected chi connectivity index (χ3v) is 12.6. The van der Waals surface area contributed by atoms with Gasteiger partial charge in [0, 0.05) is 55.9 Å². The smallest absolute Gasteiger partial charge is 0.315 e. The standard InChI is InChI=1S/C41H58Br2O10S4/c1-5-48-36(44)26-54-22-32-18-30(19-33(23-55-27-37(45)49-6-2)40(32)52-15-11-9-13-42)17-31-20-34(24-56-28-38(46)50-7-3)41(53-16-12-10-14-43)35(21-31)25-57-29-39(47)51-8-4/h18-21H,5-17,22-29H2,1-4H3. The van der Waals surface area contributed by atoms with E-state index in [1.807, 2.05) is 0 Å². The van der Waals surface area contributed by atoms with Crippen LogP contribution in [-0.4, -0.2) is 97.2 Å². The number of benzene rings is 2. The van der Waals surface area contributed by atoms with Crippen molar-refractivity contribution in [1.82, 2.24) is 0 Å². The Balaban J connectivity index is 2.64. The van der Waals surface area contributed by atoms with Gasteiger partial charge in [0.2, 0.25) is 0 Å². The van der Waals surface area contributed by atoms with E-state index in [1.54, 1.807) is 27.7 Å². The lowest BCUT2D eigenvalue weighted by molar-refractivity contribution is -0.140. The van der Waals surface area contributed by atoms with Gasteiger partial charge in [-0.05, 0) is 70.9 Å². The molecule has 0 heterocycles. The molecule has 57 heavy (non-hydrogen) atoms. The van der Waals surface area contributed by atoms with E-state index < -0.39 is 0 Å². The van der Waals surface area contributed by atoms with Crippen LogP contribution in [0, 0.1) is 0 Å². The van der Waals surface area contributed by atoms with Gasteiger partial charge in [-0.2, -0.15) is 0 Å². The van der Waals surface area contributed by atoms with E-state index in [0.717, 1.165) is 81.2 Å². The van der Waals surface area contributed by atoms with Crippen LogP contribution in [0.25, 0.3) is 0 Å². The van der Waals surface area contributed by atoms with Crippen LogP contribution in [0.4, 0.5) is 0 Å². The maximum atomic E-state index is 12.3. The normalized spacial score (nSPS) is 10.9. The molecule has 0 aliphatic carbocycles. The third-order valence-electron chi connectivity index (χ3n) is 7.69. The lowest BCUT2D eigenvalue weighted by Gasteiger charge is -2.20. The Hall–Kier alpha value is -1.72. The summed E-state index contributed by atoms with van der Waals surface area (Å²) in [5.74, 6) is 3.47. The Kier molecular flexibility index (Phi) is 29.0. The zero-order valence-corrected chi connectivity index (χ0v) is 40.1. The molecule has 0 unspecified atom stereocenters. The summed E-state index contributed by atoms with van der Waals surface area (Å²) in [6.07, 6.45) is 4.25. The number of esters is 4. The number of thioether (sulfide) groups is 4. The number of hydrogen-bond donors (Lipinski definition) is 0. The highest BCUT2D eigenvalue weighted by molar-refractivity contribution is 9.09. The highest BCUT2D eigenvalue weighted by Crippen LogP contribution is 2.36. The molecule has 0 aromatic heterocycles. The number of alkyl halides is 2. The molecule has 2 aromatic rings. The number of carbonyl (C=O) groups excluding carboxylic acids is 4. The fourth-order valence-corrected chi connectivity index (χ4v) is 9.36. The molecule has 0 saturated carbocycles. The van der Waals surface area contributed by atoms with E-state index in [1.165, 1.54) is 47.0 Å². The predicted octanol–water partition coefficient (Wildman–Crippen LogP) is 9.57. The molecular formula is C41H58Br2O10S4. The molecule has 0 N–H and O–H groups in total. The van der Waals surface area contributed by atoms with Crippen LogP contribution < -0.4 is 9.47 Å². The summed E-state index contributed by atoms with van der Waals surface area (Å²) in [5, 5.41) is 1.76. The first-order valence-corrected chi connectivity index (χ1v) is 26.2. The van der Waals surface area contributed by atoms with Crippen LogP contribution in [-0.2, 0) is 67.6 Å². The van der Waals surface area contributed by atoms with E-state index in [9.17, 15) is 19.2 Å². The van der Waals surface area contributed by atoms with Crippen molar-refractivity contribution >= 4 is 103 Å². The predicted molar refractivity (Wildman–Crippen MR) is 244 cm³/mol. The number of ether oxygens (including phenoxy) is 6. The quantitative estimate of drug-likeness (QED) is 0.0299. The van der Waals surface area contributed by atoms with Crippen LogP contribution in [0.3, 0.4) is 0 Å². The minimum Gasteiger partial charge on any atom is -0.493 e. The number of rotatable bonds is 32. The van der Waals surface area contributed by atoms with Gasteiger partial charge < -0.3 is 28.4 Å². The molecule has 0 amide bonds. The SMILES string of the molecule is CCOC(=O)CSCc1cc(Cc2cc(CSCC(=O)OCC)c(OCCCCBr)c(CSCC(=O)OCC)c2)cc(CSCC(=O)OCC)c1OCCCCBr. The van der Waals surface area contributed by atoms with Crippen molar-refractivity contribution in [2.45, 2.75) is 82.8 Å². The van der Waals surface area contributed by atoms with Crippen molar-refractivity contribution in [3.63, 3.8) is 0 Å². The van der Waals surface area contributed by atoms with E-state index in [4.69, 9.17) is 28.4 Å². The number of carbonyl (C=O) groups is 4. The Morgan fingerprint density at radius 2 is 0.754 bits per heavy atom. The van der Waals surface area contributed by atoms with Gasteiger partial charge >= 0.3 is 23.9 Å². The van der Waals surface area contributed by atoms with Crippen molar-refractivity contribution in [3.8, 4) is 11.5 Å². The van der Waals surface area contributed by atoms with Crippen LogP contribution in [0.5, 0.6) is 11.5 Å². The zero-order chi connectivity index (χ0) is 41.7.